The molecule has 0 bridgehead atoms. The van der Waals surface area contributed by atoms with Crippen LogP contribution in [0.15, 0.2) is 39.8 Å². The van der Waals surface area contributed by atoms with Crippen LogP contribution in [0.5, 0.6) is 0 Å². The Morgan fingerprint density at radius 2 is 1.96 bits per heavy atom. The van der Waals surface area contributed by atoms with Crippen molar-refractivity contribution in [2.24, 2.45) is 0 Å². The number of rotatable bonds is 3. The molecule has 1 aliphatic rings. The maximum Gasteiger partial charge on any atom is 0.276 e. The summed E-state index contributed by atoms with van der Waals surface area (Å²) in [6.07, 6.45) is 1.36. The minimum atomic E-state index is -3.66. The van der Waals surface area contributed by atoms with Crippen LogP contribution in [0.1, 0.15) is 24.3 Å². The number of amides is 1. The minimum absolute atomic E-state index is 0.217. The normalized spacial score (nSPS) is 22.1. The molecule has 3 rings (SSSR count). The number of piperazine rings is 1. The smallest absolute Gasteiger partial charge is 0.276 e. The van der Waals surface area contributed by atoms with Crippen LogP contribution >= 0.6 is 15.9 Å². The fourth-order valence-corrected chi connectivity index (χ4v) is 5.61. The van der Waals surface area contributed by atoms with Crippen molar-refractivity contribution in [1.82, 2.24) is 24.6 Å². The number of benzene rings is 1. The highest BCUT2D eigenvalue weighted by Gasteiger charge is 2.39. The van der Waals surface area contributed by atoms with Crippen molar-refractivity contribution < 1.29 is 13.2 Å². The predicted octanol–water partition coefficient (Wildman–Crippen LogP) is 1.49. The Balaban J connectivity index is 1.85. The van der Waals surface area contributed by atoms with E-state index in [1.807, 2.05) is 6.92 Å². The van der Waals surface area contributed by atoms with Crippen LogP contribution in [0, 0.1) is 0 Å². The number of aromatic amines is 1. The molecule has 0 radical (unpaired) electrons. The zero-order chi connectivity index (χ0) is 18.2. The fraction of sp³-hybridized carbons (Fsp3) is 0.400. The average Bonchev–Trinajstić information content (AvgIpc) is 3.10. The van der Waals surface area contributed by atoms with Crippen molar-refractivity contribution in [1.29, 1.82) is 0 Å². The van der Waals surface area contributed by atoms with E-state index >= 15 is 0 Å². The molecule has 1 N–H and O–H groups in total. The lowest BCUT2D eigenvalue weighted by Gasteiger charge is -2.43. The van der Waals surface area contributed by atoms with Gasteiger partial charge in [0.15, 0.2) is 5.69 Å². The van der Waals surface area contributed by atoms with Gasteiger partial charge in [0.05, 0.1) is 11.1 Å². The van der Waals surface area contributed by atoms with Crippen LogP contribution in [0.25, 0.3) is 0 Å². The monoisotopic (exact) mass is 427 g/mol. The summed E-state index contributed by atoms with van der Waals surface area (Å²) in [6, 6.07) is 6.09. The van der Waals surface area contributed by atoms with Crippen LogP contribution in [-0.2, 0) is 10.0 Å². The summed E-state index contributed by atoms with van der Waals surface area (Å²) in [6.45, 7) is 4.13. The molecular formula is C15H18BrN5O3S. The van der Waals surface area contributed by atoms with Gasteiger partial charge in [0.25, 0.3) is 5.91 Å². The number of hydrogen-bond acceptors (Lipinski definition) is 5. The highest BCUT2D eigenvalue weighted by molar-refractivity contribution is 9.10. The summed E-state index contributed by atoms with van der Waals surface area (Å²) in [5.74, 6) is -0.258. The molecule has 25 heavy (non-hydrogen) atoms. The molecule has 0 aliphatic carbocycles. The Labute approximate surface area is 154 Å². The Bertz CT molecular complexity index is 871. The molecule has 134 valence electrons. The maximum atomic E-state index is 13.0. The molecule has 1 aliphatic heterocycles. The number of halogens is 1. The van der Waals surface area contributed by atoms with E-state index < -0.39 is 10.0 Å². The molecule has 0 spiro atoms. The first-order valence-electron chi connectivity index (χ1n) is 7.75. The van der Waals surface area contributed by atoms with E-state index in [2.05, 4.69) is 31.3 Å². The average molecular weight is 428 g/mol. The summed E-state index contributed by atoms with van der Waals surface area (Å²) >= 11 is 3.31. The Morgan fingerprint density at radius 1 is 1.24 bits per heavy atom. The topological polar surface area (TPSA) is 99.3 Å². The first-order valence-corrected chi connectivity index (χ1v) is 9.98. The number of hydrogen-bond donors (Lipinski definition) is 1. The van der Waals surface area contributed by atoms with E-state index in [9.17, 15) is 13.2 Å². The van der Waals surface area contributed by atoms with Crippen molar-refractivity contribution in [3.63, 3.8) is 0 Å². The zero-order valence-corrected chi connectivity index (χ0v) is 16.2. The molecule has 1 aromatic carbocycles. The van der Waals surface area contributed by atoms with Gasteiger partial charge in [-0.1, -0.05) is 12.1 Å². The van der Waals surface area contributed by atoms with E-state index in [-0.39, 0.29) is 41.7 Å². The SMILES string of the molecule is C[C@@H]1CN(C(=O)c2cn[nH]n2)[C@@H](C)CN1S(=O)(=O)c1ccccc1Br. The third kappa shape index (κ3) is 3.33. The van der Waals surface area contributed by atoms with Crippen molar-refractivity contribution in [3.05, 3.63) is 40.6 Å². The van der Waals surface area contributed by atoms with Gasteiger partial charge in [0, 0.05) is 29.6 Å². The third-order valence-electron chi connectivity index (χ3n) is 4.25. The summed E-state index contributed by atoms with van der Waals surface area (Å²) < 4.78 is 28.0. The quantitative estimate of drug-likeness (QED) is 0.799. The summed E-state index contributed by atoms with van der Waals surface area (Å²) in [4.78, 5) is 14.4. The lowest BCUT2D eigenvalue weighted by atomic mass is 10.1. The summed E-state index contributed by atoms with van der Waals surface area (Å²) in [5.41, 5.74) is 0.223. The van der Waals surface area contributed by atoms with Crippen molar-refractivity contribution in [3.8, 4) is 0 Å². The number of H-pyrrole nitrogens is 1. The number of sulfonamides is 1. The molecule has 0 unspecified atom stereocenters. The molecule has 2 aromatic rings. The third-order valence-corrected chi connectivity index (χ3v) is 7.24. The Morgan fingerprint density at radius 3 is 2.60 bits per heavy atom. The molecule has 2 heterocycles. The molecule has 10 heteroatoms. The molecule has 1 saturated heterocycles. The lowest BCUT2D eigenvalue weighted by Crippen LogP contribution is -2.59. The van der Waals surface area contributed by atoms with E-state index in [4.69, 9.17) is 0 Å². The second kappa shape index (κ2) is 6.85. The molecule has 1 amide bonds. The second-order valence-corrected chi connectivity index (χ2v) is 8.73. The first kappa shape index (κ1) is 18.0. The van der Waals surface area contributed by atoms with E-state index in [0.29, 0.717) is 4.47 Å². The van der Waals surface area contributed by atoms with Gasteiger partial charge >= 0.3 is 0 Å². The zero-order valence-electron chi connectivity index (χ0n) is 13.8. The van der Waals surface area contributed by atoms with Gasteiger partial charge in [-0.3, -0.25) is 4.79 Å². The van der Waals surface area contributed by atoms with E-state index in [1.54, 1.807) is 36.1 Å². The first-order chi connectivity index (χ1) is 11.8. The molecule has 2 atom stereocenters. The van der Waals surface area contributed by atoms with Gasteiger partial charge in [0.2, 0.25) is 10.0 Å². The molecular weight excluding hydrogens is 410 g/mol. The van der Waals surface area contributed by atoms with Crippen molar-refractivity contribution in [2.45, 2.75) is 30.8 Å². The van der Waals surface area contributed by atoms with Gasteiger partial charge in [-0.15, -0.1) is 0 Å². The van der Waals surface area contributed by atoms with E-state index in [1.165, 1.54) is 10.5 Å². The number of carbonyl (C=O) groups excluding carboxylic acids is 1. The van der Waals surface area contributed by atoms with Crippen LogP contribution in [0.2, 0.25) is 0 Å². The van der Waals surface area contributed by atoms with Gasteiger partial charge in [0.1, 0.15) is 0 Å². The maximum absolute atomic E-state index is 13.0. The van der Waals surface area contributed by atoms with Crippen LogP contribution in [0.3, 0.4) is 0 Å². The predicted molar refractivity (Wildman–Crippen MR) is 94.4 cm³/mol. The number of nitrogens with one attached hydrogen (secondary N) is 1. The molecule has 1 aromatic heterocycles. The number of carbonyl (C=O) groups is 1. The highest BCUT2D eigenvalue weighted by atomic mass is 79.9. The van der Waals surface area contributed by atoms with Crippen molar-refractivity contribution >= 4 is 31.9 Å². The lowest BCUT2D eigenvalue weighted by molar-refractivity contribution is 0.0501. The Hall–Kier alpha value is -1.78. The van der Waals surface area contributed by atoms with Crippen molar-refractivity contribution in [2.75, 3.05) is 13.1 Å². The fourth-order valence-electron chi connectivity index (χ4n) is 2.94. The van der Waals surface area contributed by atoms with Crippen LogP contribution in [-0.4, -0.2) is 64.1 Å². The van der Waals surface area contributed by atoms with Gasteiger partial charge in [-0.25, -0.2) is 8.42 Å². The summed E-state index contributed by atoms with van der Waals surface area (Å²) in [5, 5.41) is 9.88. The Kier molecular flexibility index (Phi) is 4.94. The second-order valence-electron chi connectivity index (χ2n) is 6.02. The highest BCUT2D eigenvalue weighted by Crippen LogP contribution is 2.29. The molecule has 8 nitrogen and oxygen atoms in total. The number of aromatic nitrogens is 3. The van der Waals surface area contributed by atoms with E-state index in [0.717, 1.165) is 0 Å². The van der Waals surface area contributed by atoms with Gasteiger partial charge in [-0.05, 0) is 41.9 Å². The largest absolute Gasteiger partial charge is 0.332 e. The molecule has 0 saturated carbocycles. The molecule has 1 fully saturated rings. The number of nitrogens with zero attached hydrogens (tertiary/aromatic N) is 4. The van der Waals surface area contributed by atoms with Crippen LogP contribution < -0.4 is 0 Å². The van der Waals surface area contributed by atoms with Crippen LogP contribution in [0.4, 0.5) is 0 Å². The standard InChI is InChI=1S/C15H18BrN5O3S/c1-10-9-21(25(23,24)14-6-4-3-5-12(14)16)11(2)8-20(10)15(22)13-7-17-19-18-13/h3-7,10-11H,8-9H2,1-2H3,(H,17,18,19)/t10-,11+/m0/s1. The summed E-state index contributed by atoms with van der Waals surface area (Å²) in [7, 11) is -3.66. The van der Waals surface area contributed by atoms with Gasteiger partial charge < -0.3 is 4.90 Å². The van der Waals surface area contributed by atoms with Gasteiger partial charge in [-0.2, -0.15) is 19.7 Å². The minimum Gasteiger partial charge on any atom is -0.332 e.